The number of nitrogens with one attached hydrogen (secondary N) is 2. The van der Waals surface area contributed by atoms with E-state index in [4.69, 9.17) is 16.0 Å². The highest BCUT2D eigenvalue weighted by atomic mass is 35.5. The van der Waals surface area contributed by atoms with E-state index in [9.17, 15) is 4.79 Å². The van der Waals surface area contributed by atoms with Gasteiger partial charge in [0, 0.05) is 27.9 Å². The van der Waals surface area contributed by atoms with Crippen molar-refractivity contribution >= 4 is 28.9 Å². The van der Waals surface area contributed by atoms with Crippen molar-refractivity contribution in [2.45, 2.75) is 20.4 Å². The SMILES string of the molecule is CC(C)C(=O)Nc1ccc(NCc2ccc(-c3ccc(Cl)cc3)o2)cc1. The Balaban J connectivity index is 1.57. The van der Waals surface area contributed by atoms with Crippen LogP contribution in [0.4, 0.5) is 11.4 Å². The van der Waals surface area contributed by atoms with Gasteiger partial charge in [0.05, 0.1) is 6.54 Å². The van der Waals surface area contributed by atoms with Crippen molar-refractivity contribution in [1.29, 1.82) is 0 Å². The topological polar surface area (TPSA) is 54.3 Å². The van der Waals surface area contributed by atoms with Crippen LogP contribution in [0.15, 0.2) is 65.1 Å². The molecule has 0 aliphatic carbocycles. The zero-order valence-corrected chi connectivity index (χ0v) is 15.5. The number of rotatable bonds is 6. The highest BCUT2D eigenvalue weighted by Crippen LogP contribution is 2.24. The summed E-state index contributed by atoms with van der Waals surface area (Å²) in [5.41, 5.74) is 2.74. The van der Waals surface area contributed by atoms with Gasteiger partial charge < -0.3 is 15.1 Å². The number of anilines is 2. The van der Waals surface area contributed by atoms with Gasteiger partial charge in [-0.05, 0) is 60.7 Å². The maximum atomic E-state index is 11.7. The molecule has 0 unspecified atom stereocenters. The summed E-state index contributed by atoms with van der Waals surface area (Å²) < 4.78 is 5.87. The fourth-order valence-electron chi connectivity index (χ4n) is 2.39. The average molecular weight is 369 g/mol. The molecule has 0 saturated carbocycles. The van der Waals surface area contributed by atoms with E-state index in [0.29, 0.717) is 11.6 Å². The number of benzene rings is 2. The molecule has 0 aliphatic rings. The lowest BCUT2D eigenvalue weighted by molar-refractivity contribution is -0.118. The van der Waals surface area contributed by atoms with E-state index in [-0.39, 0.29) is 11.8 Å². The van der Waals surface area contributed by atoms with E-state index < -0.39 is 0 Å². The van der Waals surface area contributed by atoms with Crippen LogP contribution in [0.2, 0.25) is 5.02 Å². The Bertz CT molecular complexity index is 868. The van der Waals surface area contributed by atoms with Gasteiger partial charge in [-0.25, -0.2) is 0 Å². The van der Waals surface area contributed by atoms with Crippen LogP contribution in [0, 0.1) is 5.92 Å². The number of carbonyl (C=O) groups is 1. The predicted octanol–water partition coefficient (Wildman–Crippen LogP) is 5.81. The van der Waals surface area contributed by atoms with Gasteiger partial charge in [-0.15, -0.1) is 0 Å². The summed E-state index contributed by atoms with van der Waals surface area (Å²) in [6.07, 6.45) is 0. The van der Waals surface area contributed by atoms with Crippen molar-refractivity contribution in [3.8, 4) is 11.3 Å². The molecule has 1 aromatic heterocycles. The smallest absolute Gasteiger partial charge is 0.226 e. The first-order valence-electron chi connectivity index (χ1n) is 8.51. The molecular weight excluding hydrogens is 348 g/mol. The van der Waals surface area contributed by atoms with Crippen LogP contribution in [0.25, 0.3) is 11.3 Å². The van der Waals surface area contributed by atoms with Crippen molar-refractivity contribution in [2.24, 2.45) is 5.92 Å². The molecule has 3 rings (SSSR count). The number of hydrogen-bond donors (Lipinski definition) is 2. The Morgan fingerprint density at radius 3 is 2.27 bits per heavy atom. The molecule has 0 saturated heterocycles. The Hall–Kier alpha value is -2.72. The lowest BCUT2D eigenvalue weighted by Crippen LogP contribution is -2.17. The lowest BCUT2D eigenvalue weighted by atomic mass is 10.2. The molecule has 0 spiro atoms. The minimum atomic E-state index is -0.0402. The molecule has 0 aliphatic heterocycles. The van der Waals surface area contributed by atoms with Crippen molar-refractivity contribution < 1.29 is 9.21 Å². The minimum absolute atomic E-state index is 0.0102. The third-order valence-electron chi connectivity index (χ3n) is 3.93. The van der Waals surface area contributed by atoms with Crippen molar-refractivity contribution in [3.05, 3.63) is 71.4 Å². The van der Waals surface area contributed by atoms with Gasteiger partial charge in [-0.2, -0.15) is 0 Å². The summed E-state index contributed by atoms with van der Waals surface area (Å²) in [5.74, 6) is 1.62. The van der Waals surface area contributed by atoms with Gasteiger partial charge >= 0.3 is 0 Å². The van der Waals surface area contributed by atoms with Gasteiger partial charge in [0.15, 0.2) is 0 Å². The quantitative estimate of drug-likeness (QED) is 0.577. The molecule has 3 aromatic rings. The summed E-state index contributed by atoms with van der Waals surface area (Å²) in [6, 6.07) is 19.1. The molecule has 1 heterocycles. The van der Waals surface area contributed by atoms with Crippen LogP contribution in [0.3, 0.4) is 0 Å². The molecule has 0 fully saturated rings. The fraction of sp³-hybridized carbons (Fsp3) is 0.190. The van der Waals surface area contributed by atoms with E-state index in [1.807, 2.05) is 74.5 Å². The summed E-state index contributed by atoms with van der Waals surface area (Å²) in [7, 11) is 0. The maximum Gasteiger partial charge on any atom is 0.226 e. The average Bonchev–Trinajstić information content (AvgIpc) is 3.10. The van der Waals surface area contributed by atoms with Crippen LogP contribution in [0.1, 0.15) is 19.6 Å². The largest absolute Gasteiger partial charge is 0.459 e. The summed E-state index contributed by atoms with van der Waals surface area (Å²) in [5, 5.41) is 6.89. The molecule has 0 bridgehead atoms. The van der Waals surface area contributed by atoms with Crippen molar-refractivity contribution in [2.75, 3.05) is 10.6 Å². The highest BCUT2D eigenvalue weighted by molar-refractivity contribution is 6.30. The van der Waals surface area contributed by atoms with E-state index in [0.717, 1.165) is 28.5 Å². The summed E-state index contributed by atoms with van der Waals surface area (Å²) >= 11 is 5.91. The van der Waals surface area contributed by atoms with Crippen molar-refractivity contribution in [3.63, 3.8) is 0 Å². The Kier molecular flexibility index (Phi) is 5.64. The molecule has 4 nitrogen and oxygen atoms in total. The molecule has 2 aromatic carbocycles. The zero-order valence-electron chi connectivity index (χ0n) is 14.8. The van der Waals surface area contributed by atoms with Crippen molar-refractivity contribution in [1.82, 2.24) is 0 Å². The standard InChI is InChI=1S/C21H21ClN2O2/c1-14(2)21(25)24-18-9-7-17(8-10-18)23-13-19-11-12-20(26-19)15-3-5-16(22)6-4-15/h3-12,14,23H,13H2,1-2H3,(H,24,25). The van der Waals surface area contributed by atoms with Crippen LogP contribution >= 0.6 is 11.6 Å². The van der Waals surface area contributed by atoms with Crippen LogP contribution < -0.4 is 10.6 Å². The first kappa shape index (κ1) is 18.1. The molecular formula is C21H21ClN2O2. The van der Waals surface area contributed by atoms with E-state index in [1.165, 1.54) is 0 Å². The molecule has 5 heteroatoms. The third-order valence-corrected chi connectivity index (χ3v) is 4.19. The minimum Gasteiger partial charge on any atom is -0.459 e. The number of carbonyl (C=O) groups excluding carboxylic acids is 1. The molecule has 2 N–H and O–H groups in total. The van der Waals surface area contributed by atoms with E-state index >= 15 is 0 Å². The third kappa shape index (κ3) is 4.67. The second-order valence-electron chi connectivity index (χ2n) is 6.35. The maximum absolute atomic E-state index is 11.7. The predicted molar refractivity (Wildman–Crippen MR) is 106 cm³/mol. The lowest BCUT2D eigenvalue weighted by Gasteiger charge is -2.09. The zero-order chi connectivity index (χ0) is 18.5. The number of furan rings is 1. The van der Waals surface area contributed by atoms with Gasteiger partial charge in [0.1, 0.15) is 11.5 Å². The molecule has 0 radical (unpaired) electrons. The Labute approximate surface area is 158 Å². The first-order valence-corrected chi connectivity index (χ1v) is 8.88. The fourth-order valence-corrected chi connectivity index (χ4v) is 2.52. The highest BCUT2D eigenvalue weighted by Gasteiger charge is 2.07. The van der Waals surface area contributed by atoms with E-state index in [1.54, 1.807) is 0 Å². The number of hydrogen-bond acceptors (Lipinski definition) is 3. The number of halogens is 1. The van der Waals surface area contributed by atoms with E-state index in [2.05, 4.69) is 10.6 Å². The number of amides is 1. The van der Waals surface area contributed by atoms with Gasteiger partial charge in [-0.3, -0.25) is 4.79 Å². The van der Waals surface area contributed by atoms with Crippen LogP contribution in [0.5, 0.6) is 0 Å². The van der Waals surface area contributed by atoms with Crippen LogP contribution in [-0.2, 0) is 11.3 Å². The van der Waals surface area contributed by atoms with Gasteiger partial charge in [0.25, 0.3) is 0 Å². The monoisotopic (exact) mass is 368 g/mol. The summed E-state index contributed by atoms with van der Waals surface area (Å²) in [6.45, 7) is 4.31. The second kappa shape index (κ2) is 8.11. The summed E-state index contributed by atoms with van der Waals surface area (Å²) in [4.78, 5) is 11.7. The second-order valence-corrected chi connectivity index (χ2v) is 6.78. The molecule has 26 heavy (non-hydrogen) atoms. The molecule has 134 valence electrons. The Morgan fingerprint density at radius 1 is 0.962 bits per heavy atom. The molecule has 1 amide bonds. The van der Waals surface area contributed by atoms with Crippen LogP contribution in [-0.4, -0.2) is 5.91 Å². The van der Waals surface area contributed by atoms with Gasteiger partial charge in [-0.1, -0.05) is 25.4 Å². The first-order chi connectivity index (χ1) is 12.5. The van der Waals surface area contributed by atoms with Gasteiger partial charge in [0.2, 0.25) is 5.91 Å². The Morgan fingerprint density at radius 2 is 1.62 bits per heavy atom. The normalized spacial score (nSPS) is 10.8. The molecule has 0 atom stereocenters.